The number of aryl methyl sites for hydroxylation is 1. The van der Waals surface area contributed by atoms with E-state index in [0.29, 0.717) is 30.0 Å². The van der Waals surface area contributed by atoms with E-state index in [0.717, 1.165) is 24.2 Å². The van der Waals surface area contributed by atoms with Crippen LogP contribution in [-0.4, -0.2) is 58.7 Å². The lowest BCUT2D eigenvalue weighted by atomic mass is 10.1. The molecular weight excluding hydrogens is 355 g/mol. The minimum atomic E-state index is -0.302. The standard InChI is InChI=1S/C22H23FN4O/c1-16-3-5-17(6-4-16)21-20(22(28)26-13-11-25(2)12-14-26)15-27(24-21)19-9-7-18(23)8-10-19/h3-10,15H,11-14H2,1-2H3. The van der Waals surface area contributed by atoms with Crippen molar-refractivity contribution in [2.45, 2.75) is 6.92 Å². The lowest BCUT2D eigenvalue weighted by Crippen LogP contribution is -2.47. The number of amides is 1. The molecule has 3 aromatic rings. The molecule has 0 aliphatic carbocycles. The molecule has 1 amide bonds. The summed E-state index contributed by atoms with van der Waals surface area (Å²) in [5, 5.41) is 4.68. The maximum atomic E-state index is 13.3. The van der Waals surface area contributed by atoms with Gasteiger partial charge in [-0.25, -0.2) is 9.07 Å². The summed E-state index contributed by atoms with van der Waals surface area (Å²) in [7, 11) is 2.06. The first kappa shape index (κ1) is 18.4. The second-order valence-corrected chi connectivity index (χ2v) is 7.27. The maximum absolute atomic E-state index is 13.3. The predicted octanol–water partition coefficient (Wildman–Crippen LogP) is 3.37. The number of carbonyl (C=O) groups excluding carboxylic acids is 1. The summed E-state index contributed by atoms with van der Waals surface area (Å²) < 4.78 is 14.9. The molecule has 4 rings (SSSR count). The van der Waals surface area contributed by atoms with Crippen molar-refractivity contribution in [2.24, 2.45) is 0 Å². The number of hydrogen-bond donors (Lipinski definition) is 0. The Kier molecular flexibility index (Phi) is 4.96. The van der Waals surface area contributed by atoms with Crippen LogP contribution in [0.1, 0.15) is 15.9 Å². The smallest absolute Gasteiger partial charge is 0.257 e. The normalized spacial score (nSPS) is 15.0. The third kappa shape index (κ3) is 3.68. The summed E-state index contributed by atoms with van der Waals surface area (Å²) in [6.45, 7) is 5.14. The Morgan fingerprint density at radius 1 is 0.964 bits per heavy atom. The number of piperazine rings is 1. The number of carbonyl (C=O) groups is 1. The summed E-state index contributed by atoms with van der Waals surface area (Å²) in [6.07, 6.45) is 1.75. The van der Waals surface area contributed by atoms with E-state index in [4.69, 9.17) is 0 Å². The van der Waals surface area contributed by atoms with Gasteiger partial charge in [0.25, 0.3) is 5.91 Å². The Balaban J connectivity index is 1.75. The van der Waals surface area contributed by atoms with Gasteiger partial charge in [-0.2, -0.15) is 5.10 Å². The van der Waals surface area contributed by atoms with E-state index in [2.05, 4.69) is 17.0 Å². The summed E-state index contributed by atoms with van der Waals surface area (Å²) in [5.74, 6) is -0.319. The highest BCUT2D eigenvalue weighted by molar-refractivity contribution is 6.00. The average molecular weight is 378 g/mol. The third-order valence-electron chi connectivity index (χ3n) is 5.15. The van der Waals surface area contributed by atoms with Crippen molar-refractivity contribution < 1.29 is 9.18 Å². The molecule has 2 heterocycles. The van der Waals surface area contributed by atoms with E-state index in [-0.39, 0.29) is 11.7 Å². The van der Waals surface area contributed by atoms with E-state index in [1.54, 1.807) is 23.0 Å². The fourth-order valence-corrected chi connectivity index (χ4v) is 3.36. The Hall–Kier alpha value is -2.99. The molecule has 1 aliphatic rings. The van der Waals surface area contributed by atoms with E-state index in [1.165, 1.54) is 12.1 Å². The molecule has 0 bridgehead atoms. The van der Waals surface area contributed by atoms with Crippen LogP contribution in [0.3, 0.4) is 0 Å². The molecule has 0 N–H and O–H groups in total. The third-order valence-corrected chi connectivity index (χ3v) is 5.15. The maximum Gasteiger partial charge on any atom is 0.257 e. The molecule has 6 heteroatoms. The van der Waals surface area contributed by atoms with Crippen LogP contribution >= 0.6 is 0 Å². The van der Waals surface area contributed by atoms with Crippen molar-refractivity contribution >= 4 is 5.91 Å². The van der Waals surface area contributed by atoms with Crippen molar-refractivity contribution in [1.29, 1.82) is 0 Å². The Bertz CT molecular complexity index is 971. The van der Waals surface area contributed by atoms with Gasteiger partial charge in [-0.05, 0) is 38.2 Å². The molecule has 144 valence electrons. The molecule has 1 aliphatic heterocycles. The molecule has 0 radical (unpaired) electrons. The Morgan fingerprint density at radius 3 is 2.25 bits per heavy atom. The number of nitrogens with zero attached hydrogens (tertiary/aromatic N) is 4. The first-order valence-electron chi connectivity index (χ1n) is 9.42. The number of hydrogen-bond acceptors (Lipinski definition) is 3. The van der Waals surface area contributed by atoms with Gasteiger partial charge in [-0.15, -0.1) is 0 Å². The molecule has 0 atom stereocenters. The van der Waals surface area contributed by atoms with Crippen molar-refractivity contribution in [2.75, 3.05) is 33.2 Å². The molecular formula is C22H23FN4O. The van der Waals surface area contributed by atoms with E-state index >= 15 is 0 Å². The Labute approximate surface area is 164 Å². The number of likely N-dealkylation sites (N-methyl/N-ethyl adjacent to an activating group) is 1. The zero-order valence-electron chi connectivity index (χ0n) is 16.1. The van der Waals surface area contributed by atoms with Gasteiger partial charge in [-0.3, -0.25) is 4.79 Å². The highest BCUT2D eigenvalue weighted by atomic mass is 19.1. The number of aromatic nitrogens is 2. The molecule has 1 saturated heterocycles. The Morgan fingerprint density at radius 2 is 1.61 bits per heavy atom. The SMILES string of the molecule is Cc1ccc(-c2nn(-c3ccc(F)cc3)cc2C(=O)N2CCN(C)CC2)cc1. The molecule has 5 nitrogen and oxygen atoms in total. The van der Waals surface area contributed by atoms with Gasteiger partial charge >= 0.3 is 0 Å². The lowest BCUT2D eigenvalue weighted by Gasteiger charge is -2.32. The monoisotopic (exact) mass is 378 g/mol. The van der Waals surface area contributed by atoms with Crippen LogP contribution in [0.2, 0.25) is 0 Å². The zero-order valence-corrected chi connectivity index (χ0v) is 16.1. The van der Waals surface area contributed by atoms with Gasteiger partial charge in [0.2, 0.25) is 0 Å². The van der Waals surface area contributed by atoms with Crippen molar-refractivity contribution in [3.8, 4) is 16.9 Å². The van der Waals surface area contributed by atoms with Crippen molar-refractivity contribution in [3.63, 3.8) is 0 Å². The lowest BCUT2D eigenvalue weighted by molar-refractivity contribution is 0.0665. The highest BCUT2D eigenvalue weighted by Gasteiger charge is 2.25. The van der Waals surface area contributed by atoms with Gasteiger partial charge in [0, 0.05) is 37.9 Å². The fourth-order valence-electron chi connectivity index (χ4n) is 3.36. The van der Waals surface area contributed by atoms with Gasteiger partial charge in [0.1, 0.15) is 11.5 Å². The van der Waals surface area contributed by atoms with Crippen LogP contribution in [0.15, 0.2) is 54.7 Å². The van der Waals surface area contributed by atoms with Gasteiger partial charge in [0.15, 0.2) is 0 Å². The second kappa shape index (κ2) is 7.56. The highest BCUT2D eigenvalue weighted by Crippen LogP contribution is 2.26. The minimum Gasteiger partial charge on any atom is -0.336 e. The van der Waals surface area contributed by atoms with Crippen LogP contribution in [0.25, 0.3) is 16.9 Å². The minimum absolute atomic E-state index is 0.0166. The predicted molar refractivity (Wildman–Crippen MR) is 107 cm³/mol. The molecule has 0 saturated carbocycles. The van der Waals surface area contributed by atoms with Crippen LogP contribution in [-0.2, 0) is 0 Å². The van der Waals surface area contributed by atoms with Gasteiger partial charge < -0.3 is 9.80 Å². The molecule has 1 fully saturated rings. The van der Waals surface area contributed by atoms with E-state index < -0.39 is 0 Å². The first-order chi connectivity index (χ1) is 13.5. The number of rotatable bonds is 3. The molecule has 1 aromatic heterocycles. The fraction of sp³-hybridized carbons (Fsp3) is 0.273. The first-order valence-corrected chi connectivity index (χ1v) is 9.42. The molecule has 2 aromatic carbocycles. The summed E-state index contributed by atoms with van der Waals surface area (Å²) in [4.78, 5) is 17.4. The topological polar surface area (TPSA) is 41.4 Å². The second-order valence-electron chi connectivity index (χ2n) is 7.27. The van der Waals surface area contributed by atoms with Crippen LogP contribution in [0.4, 0.5) is 4.39 Å². The van der Waals surface area contributed by atoms with Crippen LogP contribution in [0.5, 0.6) is 0 Å². The summed E-state index contributed by atoms with van der Waals surface area (Å²) >= 11 is 0. The van der Waals surface area contributed by atoms with Crippen LogP contribution in [0, 0.1) is 12.7 Å². The van der Waals surface area contributed by atoms with Gasteiger partial charge in [0.05, 0.1) is 11.3 Å². The van der Waals surface area contributed by atoms with Crippen molar-refractivity contribution in [3.05, 3.63) is 71.7 Å². The number of benzene rings is 2. The van der Waals surface area contributed by atoms with Crippen LogP contribution < -0.4 is 0 Å². The van der Waals surface area contributed by atoms with Crippen molar-refractivity contribution in [1.82, 2.24) is 19.6 Å². The molecule has 0 unspecified atom stereocenters. The zero-order chi connectivity index (χ0) is 19.7. The summed E-state index contributed by atoms with van der Waals surface area (Å²) in [6, 6.07) is 14.1. The summed E-state index contributed by atoms with van der Waals surface area (Å²) in [5.41, 5.74) is 3.97. The van der Waals surface area contributed by atoms with E-state index in [1.807, 2.05) is 36.1 Å². The van der Waals surface area contributed by atoms with Gasteiger partial charge in [-0.1, -0.05) is 29.8 Å². The van der Waals surface area contributed by atoms with E-state index in [9.17, 15) is 9.18 Å². The quantitative estimate of drug-likeness (QED) is 0.702. The average Bonchev–Trinajstić information content (AvgIpc) is 3.14. The largest absolute Gasteiger partial charge is 0.336 e. The molecule has 0 spiro atoms. The number of halogens is 1. The molecule has 28 heavy (non-hydrogen) atoms.